The van der Waals surface area contributed by atoms with E-state index < -0.39 is 0 Å². The lowest BCUT2D eigenvalue weighted by Gasteiger charge is -2.06. The number of amides is 1. The van der Waals surface area contributed by atoms with Gasteiger partial charge in [0, 0.05) is 12.5 Å². The van der Waals surface area contributed by atoms with Crippen LogP contribution in [0, 0.1) is 6.92 Å². The van der Waals surface area contributed by atoms with Crippen LogP contribution in [-0.2, 0) is 11.2 Å². The van der Waals surface area contributed by atoms with Crippen molar-refractivity contribution >= 4 is 11.6 Å². The van der Waals surface area contributed by atoms with Crippen LogP contribution in [-0.4, -0.2) is 18.0 Å². The summed E-state index contributed by atoms with van der Waals surface area (Å²) in [4.78, 5) is 15.9. The second kappa shape index (κ2) is 6.70. The molecule has 0 saturated carbocycles. The number of pyridine rings is 1. The van der Waals surface area contributed by atoms with E-state index in [0.717, 1.165) is 6.42 Å². The highest BCUT2D eigenvalue weighted by Gasteiger charge is 2.04. The van der Waals surface area contributed by atoms with Crippen molar-refractivity contribution in [2.75, 3.05) is 12.4 Å². The SMILES string of the molecule is COc1ccc(NC(=O)CCc2ccc(C)cc2)cn1. The minimum atomic E-state index is -0.0162. The number of hydrogen-bond acceptors (Lipinski definition) is 3. The van der Waals surface area contributed by atoms with Crippen molar-refractivity contribution in [1.29, 1.82) is 0 Å². The molecule has 0 radical (unpaired) electrons. The zero-order chi connectivity index (χ0) is 14.4. The summed E-state index contributed by atoms with van der Waals surface area (Å²) in [7, 11) is 1.56. The Bertz CT molecular complexity index is 562. The second-order valence-corrected chi connectivity index (χ2v) is 4.62. The number of aromatic nitrogens is 1. The maximum Gasteiger partial charge on any atom is 0.224 e. The molecule has 0 unspecified atom stereocenters. The number of aryl methyl sites for hydroxylation is 2. The average Bonchev–Trinajstić information content (AvgIpc) is 2.47. The van der Waals surface area contributed by atoms with E-state index in [0.29, 0.717) is 18.0 Å². The van der Waals surface area contributed by atoms with Gasteiger partial charge in [-0.15, -0.1) is 0 Å². The molecule has 20 heavy (non-hydrogen) atoms. The highest BCUT2D eigenvalue weighted by Crippen LogP contribution is 2.12. The standard InChI is InChI=1S/C16H18N2O2/c1-12-3-5-13(6-4-12)7-9-15(19)18-14-8-10-16(20-2)17-11-14/h3-6,8,10-11H,7,9H2,1-2H3,(H,18,19). The number of rotatable bonds is 5. The lowest BCUT2D eigenvalue weighted by atomic mass is 10.1. The van der Waals surface area contributed by atoms with Crippen molar-refractivity contribution in [3.8, 4) is 5.88 Å². The minimum Gasteiger partial charge on any atom is -0.481 e. The summed E-state index contributed by atoms with van der Waals surface area (Å²) < 4.78 is 4.97. The Morgan fingerprint density at radius 3 is 2.55 bits per heavy atom. The lowest BCUT2D eigenvalue weighted by Crippen LogP contribution is -2.12. The molecule has 1 N–H and O–H groups in total. The minimum absolute atomic E-state index is 0.0162. The summed E-state index contributed by atoms with van der Waals surface area (Å²) in [6.45, 7) is 2.05. The molecule has 1 aromatic carbocycles. The first-order valence-electron chi connectivity index (χ1n) is 6.53. The Morgan fingerprint density at radius 2 is 1.95 bits per heavy atom. The fraction of sp³-hybridized carbons (Fsp3) is 0.250. The number of hydrogen-bond donors (Lipinski definition) is 1. The van der Waals surface area contributed by atoms with E-state index in [2.05, 4.69) is 34.6 Å². The molecular weight excluding hydrogens is 252 g/mol. The molecule has 0 saturated heterocycles. The fourth-order valence-corrected chi connectivity index (χ4v) is 1.81. The molecule has 0 atom stereocenters. The van der Waals surface area contributed by atoms with E-state index in [-0.39, 0.29) is 5.91 Å². The summed E-state index contributed by atoms with van der Waals surface area (Å²) in [6, 6.07) is 11.7. The average molecular weight is 270 g/mol. The first-order valence-corrected chi connectivity index (χ1v) is 6.53. The van der Waals surface area contributed by atoms with Gasteiger partial charge in [-0.05, 0) is 25.0 Å². The van der Waals surface area contributed by atoms with Gasteiger partial charge in [-0.25, -0.2) is 4.98 Å². The molecule has 0 aliphatic carbocycles. The van der Waals surface area contributed by atoms with Gasteiger partial charge in [0.1, 0.15) is 0 Å². The van der Waals surface area contributed by atoms with E-state index in [9.17, 15) is 4.79 Å². The Morgan fingerprint density at radius 1 is 1.20 bits per heavy atom. The summed E-state index contributed by atoms with van der Waals surface area (Å²) in [6.07, 6.45) is 2.77. The molecule has 1 aromatic heterocycles. The zero-order valence-corrected chi connectivity index (χ0v) is 11.7. The van der Waals surface area contributed by atoms with Gasteiger partial charge in [0.15, 0.2) is 0 Å². The predicted molar refractivity (Wildman–Crippen MR) is 78.9 cm³/mol. The first kappa shape index (κ1) is 14.1. The van der Waals surface area contributed by atoms with E-state index >= 15 is 0 Å². The maximum absolute atomic E-state index is 11.8. The molecule has 0 fully saturated rings. The topological polar surface area (TPSA) is 51.2 Å². The second-order valence-electron chi connectivity index (χ2n) is 4.62. The molecule has 2 aromatic rings. The van der Waals surface area contributed by atoms with Crippen molar-refractivity contribution in [1.82, 2.24) is 4.98 Å². The van der Waals surface area contributed by atoms with Gasteiger partial charge in [0.25, 0.3) is 0 Å². The van der Waals surface area contributed by atoms with Crippen LogP contribution in [0.4, 0.5) is 5.69 Å². The molecule has 0 aliphatic heterocycles. The van der Waals surface area contributed by atoms with Crippen LogP contribution in [0.25, 0.3) is 0 Å². The van der Waals surface area contributed by atoms with Crippen molar-refractivity contribution in [2.24, 2.45) is 0 Å². The van der Waals surface area contributed by atoms with Crippen molar-refractivity contribution in [3.05, 3.63) is 53.7 Å². The smallest absolute Gasteiger partial charge is 0.224 e. The molecule has 0 bridgehead atoms. The van der Waals surface area contributed by atoms with Crippen molar-refractivity contribution < 1.29 is 9.53 Å². The molecule has 0 aliphatic rings. The predicted octanol–water partition coefficient (Wildman–Crippen LogP) is 2.97. The molecule has 1 heterocycles. The number of nitrogens with one attached hydrogen (secondary N) is 1. The van der Waals surface area contributed by atoms with Crippen LogP contribution in [0.2, 0.25) is 0 Å². The maximum atomic E-state index is 11.8. The van der Waals surface area contributed by atoms with Gasteiger partial charge in [-0.3, -0.25) is 4.79 Å². The lowest BCUT2D eigenvalue weighted by molar-refractivity contribution is -0.116. The summed E-state index contributed by atoms with van der Waals surface area (Å²) in [5.41, 5.74) is 3.07. The Kier molecular flexibility index (Phi) is 4.71. The quantitative estimate of drug-likeness (QED) is 0.908. The van der Waals surface area contributed by atoms with Crippen LogP contribution in [0.3, 0.4) is 0 Å². The molecule has 4 heteroatoms. The Balaban J connectivity index is 1.84. The summed E-state index contributed by atoms with van der Waals surface area (Å²) in [5, 5.41) is 2.82. The third kappa shape index (κ3) is 4.09. The van der Waals surface area contributed by atoms with Gasteiger partial charge in [-0.2, -0.15) is 0 Å². The first-order chi connectivity index (χ1) is 9.67. The van der Waals surface area contributed by atoms with Crippen molar-refractivity contribution in [2.45, 2.75) is 19.8 Å². The summed E-state index contributed by atoms with van der Waals surface area (Å²) in [5.74, 6) is 0.514. The molecular formula is C16H18N2O2. The van der Waals surface area contributed by atoms with Gasteiger partial charge in [0.05, 0.1) is 19.0 Å². The third-order valence-electron chi connectivity index (χ3n) is 2.99. The fourth-order valence-electron chi connectivity index (χ4n) is 1.81. The van der Waals surface area contributed by atoms with Gasteiger partial charge >= 0.3 is 0 Å². The van der Waals surface area contributed by atoms with E-state index in [1.165, 1.54) is 11.1 Å². The van der Waals surface area contributed by atoms with Crippen molar-refractivity contribution in [3.63, 3.8) is 0 Å². The molecule has 0 spiro atoms. The Hall–Kier alpha value is -2.36. The number of ether oxygens (including phenoxy) is 1. The molecule has 2 rings (SSSR count). The van der Waals surface area contributed by atoms with Crippen LogP contribution in [0.15, 0.2) is 42.6 Å². The third-order valence-corrected chi connectivity index (χ3v) is 2.99. The monoisotopic (exact) mass is 270 g/mol. The summed E-state index contributed by atoms with van der Waals surface area (Å²) >= 11 is 0. The Labute approximate surface area is 118 Å². The van der Waals surface area contributed by atoms with Crippen LogP contribution < -0.4 is 10.1 Å². The van der Waals surface area contributed by atoms with E-state index in [1.54, 1.807) is 25.4 Å². The number of carbonyl (C=O) groups is 1. The largest absolute Gasteiger partial charge is 0.481 e. The molecule has 4 nitrogen and oxygen atoms in total. The normalized spacial score (nSPS) is 10.1. The van der Waals surface area contributed by atoms with Gasteiger partial charge < -0.3 is 10.1 Å². The number of carbonyl (C=O) groups excluding carboxylic acids is 1. The van der Waals surface area contributed by atoms with Crippen LogP contribution in [0.1, 0.15) is 17.5 Å². The molecule has 1 amide bonds. The van der Waals surface area contributed by atoms with Crippen LogP contribution in [0.5, 0.6) is 5.88 Å². The number of methoxy groups -OCH3 is 1. The van der Waals surface area contributed by atoms with Gasteiger partial charge in [-0.1, -0.05) is 29.8 Å². The zero-order valence-electron chi connectivity index (χ0n) is 11.7. The highest BCUT2D eigenvalue weighted by molar-refractivity contribution is 5.90. The number of anilines is 1. The van der Waals surface area contributed by atoms with E-state index in [1.807, 2.05) is 6.92 Å². The molecule has 104 valence electrons. The van der Waals surface area contributed by atoms with Crippen LogP contribution >= 0.6 is 0 Å². The number of benzene rings is 1. The highest BCUT2D eigenvalue weighted by atomic mass is 16.5. The number of nitrogens with zero attached hydrogens (tertiary/aromatic N) is 1. The van der Waals surface area contributed by atoms with Gasteiger partial charge in [0.2, 0.25) is 11.8 Å². The van der Waals surface area contributed by atoms with E-state index in [4.69, 9.17) is 4.74 Å².